The second-order valence-electron chi connectivity index (χ2n) is 5.76. The molecule has 0 unspecified atom stereocenters. The number of carboxylic acids is 1. The van der Waals surface area contributed by atoms with Crippen LogP contribution in [0.4, 0.5) is 0 Å². The summed E-state index contributed by atoms with van der Waals surface area (Å²) in [5.74, 6) is 0.340. The highest BCUT2D eigenvalue weighted by Gasteiger charge is 2.24. The van der Waals surface area contributed by atoms with Gasteiger partial charge < -0.3 is 14.4 Å². The van der Waals surface area contributed by atoms with Crippen molar-refractivity contribution in [2.75, 3.05) is 13.2 Å². The molecule has 1 N–H and O–H groups in total. The normalized spacial score (nSPS) is 16.5. The molecular weight excluding hydrogens is 268 g/mol. The molecule has 0 spiro atoms. The lowest BCUT2D eigenvalue weighted by Gasteiger charge is -2.22. The van der Waals surface area contributed by atoms with Gasteiger partial charge in [-0.25, -0.2) is 4.98 Å². The largest absolute Gasteiger partial charge is 0.480 e. The Balaban J connectivity index is 2.14. The Bertz CT molecular complexity index is 684. The zero-order chi connectivity index (χ0) is 15.0. The summed E-state index contributed by atoms with van der Waals surface area (Å²) in [5, 5.41) is 9.22. The van der Waals surface area contributed by atoms with Crippen LogP contribution in [0.25, 0.3) is 11.0 Å². The van der Waals surface area contributed by atoms with Crippen LogP contribution in [0.3, 0.4) is 0 Å². The zero-order valence-electron chi connectivity index (χ0n) is 12.4. The maximum Gasteiger partial charge on any atom is 0.323 e. The standard InChI is InChI=1S/C16H20N2O3/c1-10-7-13-14(8-11(10)2)18(9-15(19)20)16(17-13)12-3-5-21-6-4-12/h7-8,12H,3-6,9H2,1-2H3,(H,19,20). The van der Waals surface area contributed by atoms with Crippen molar-refractivity contribution in [2.45, 2.75) is 39.2 Å². The number of aromatic nitrogens is 2. The summed E-state index contributed by atoms with van der Waals surface area (Å²) < 4.78 is 7.26. The highest BCUT2D eigenvalue weighted by molar-refractivity contribution is 5.80. The number of nitrogens with zero attached hydrogens (tertiary/aromatic N) is 2. The molecule has 1 aromatic carbocycles. The van der Waals surface area contributed by atoms with Crippen LogP contribution in [-0.2, 0) is 16.1 Å². The van der Waals surface area contributed by atoms with E-state index in [0.717, 1.165) is 48.5 Å². The number of carboxylic acid groups (broad SMARTS) is 1. The van der Waals surface area contributed by atoms with E-state index < -0.39 is 5.97 Å². The van der Waals surface area contributed by atoms with Crippen LogP contribution in [-0.4, -0.2) is 33.8 Å². The van der Waals surface area contributed by atoms with Crippen molar-refractivity contribution < 1.29 is 14.6 Å². The molecule has 5 nitrogen and oxygen atoms in total. The van der Waals surface area contributed by atoms with Gasteiger partial charge in [0.15, 0.2) is 0 Å². The molecule has 21 heavy (non-hydrogen) atoms. The molecule has 2 aromatic rings. The van der Waals surface area contributed by atoms with Gasteiger partial charge in [-0.1, -0.05) is 0 Å². The first-order valence-electron chi connectivity index (χ1n) is 7.33. The van der Waals surface area contributed by atoms with E-state index in [1.54, 1.807) is 0 Å². The Hall–Kier alpha value is -1.88. The van der Waals surface area contributed by atoms with E-state index in [1.165, 1.54) is 5.56 Å². The molecule has 1 aliphatic rings. The zero-order valence-corrected chi connectivity index (χ0v) is 12.4. The van der Waals surface area contributed by atoms with Gasteiger partial charge in [0.25, 0.3) is 0 Å². The fourth-order valence-electron chi connectivity index (χ4n) is 2.97. The van der Waals surface area contributed by atoms with E-state index >= 15 is 0 Å². The van der Waals surface area contributed by atoms with Gasteiger partial charge in [0, 0.05) is 19.1 Å². The summed E-state index contributed by atoms with van der Waals surface area (Å²) in [6, 6.07) is 4.09. The maximum atomic E-state index is 11.2. The third-order valence-electron chi connectivity index (χ3n) is 4.27. The van der Waals surface area contributed by atoms with E-state index in [9.17, 15) is 9.90 Å². The summed E-state index contributed by atoms with van der Waals surface area (Å²) in [7, 11) is 0. The Labute approximate surface area is 123 Å². The third-order valence-corrected chi connectivity index (χ3v) is 4.27. The monoisotopic (exact) mass is 288 g/mol. The van der Waals surface area contributed by atoms with Crippen LogP contribution in [0.2, 0.25) is 0 Å². The van der Waals surface area contributed by atoms with Crippen molar-refractivity contribution in [1.29, 1.82) is 0 Å². The predicted octanol–water partition coefficient (Wildman–Crippen LogP) is 2.63. The topological polar surface area (TPSA) is 64.4 Å². The second-order valence-corrected chi connectivity index (χ2v) is 5.76. The van der Waals surface area contributed by atoms with Crippen molar-refractivity contribution in [3.63, 3.8) is 0 Å². The van der Waals surface area contributed by atoms with Crippen LogP contribution in [0, 0.1) is 13.8 Å². The van der Waals surface area contributed by atoms with Crippen molar-refractivity contribution in [2.24, 2.45) is 0 Å². The average Bonchev–Trinajstić information content (AvgIpc) is 2.78. The lowest BCUT2D eigenvalue weighted by Crippen LogP contribution is -2.20. The highest BCUT2D eigenvalue weighted by atomic mass is 16.5. The minimum absolute atomic E-state index is 0.0360. The van der Waals surface area contributed by atoms with Crippen molar-refractivity contribution in [3.8, 4) is 0 Å². The van der Waals surface area contributed by atoms with E-state index in [4.69, 9.17) is 9.72 Å². The molecule has 2 heterocycles. The Kier molecular flexibility index (Phi) is 3.68. The number of hydrogen-bond donors (Lipinski definition) is 1. The van der Waals surface area contributed by atoms with Gasteiger partial charge >= 0.3 is 5.97 Å². The molecule has 0 aliphatic carbocycles. The molecule has 0 atom stereocenters. The van der Waals surface area contributed by atoms with Crippen LogP contribution in [0.5, 0.6) is 0 Å². The molecule has 1 fully saturated rings. The van der Waals surface area contributed by atoms with Crippen LogP contribution < -0.4 is 0 Å². The summed E-state index contributed by atoms with van der Waals surface area (Å²) in [4.78, 5) is 16.0. The predicted molar refractivity (Wildman–Crippen MR) is 79.6 cm³/mol. The van der Waals surface area contributed by atoms with Gasteiger partial charge in [-0.3, -0.25) is 4.79 Å². The molecule has 0 radical (unpaired) electrons. The summed E-state index contributed by atoms with van der Waals surface area (Å²) in [5.41, 5.74) is 4.15. The van der Waals surface area contributed by atoms with Crippen LogP contribution in [0.1, 0.15) is 35.7 Å². The molecule has 0 amide bonds. The van der Waals surface area contributed by atoms with Gasteiger partial charge in [0.1, 0.15) is 12.4 Å². The number of aliphatic carboxylic acids is 1. The quantitative estimate of drug-likeness (QED) is 0.943. The molecule has 5 heteroatoms. The molecule has 112 valence electrons. The Morgan fingerprint density at radius 2 is 2.00 bits per heavy atom. The van der Waals surface area contributed by atoms with Gasteiger partial charge in [-0.05, 0) is 49.9 Å². The van der Waals surface area contributed by atoms with E-state index in [0.29, 0.717) is 0 Å². The third kappa shape index (κ3) is 2.65. The molecule has 0 saturated carbocycles. The van der Waals surface area contributed by atoms with Crippen molar-refractivity contribution in [3.05, 3.63) is 29.1 Å². The molecule has 1 aliphatic heterocycles. The molecule has 3 rings (SSSR count). The number of benzene rings is 1. The average molecular weight is 288 g/mol. The first-order valence-corrected chi connectivity index (χ1v) is 7.33. The SMILES string of the molecule is Cc1cc2nc(C3CCOCC3)n(CC(=O)O)c2cc1C. The number of carbonyl (C=O) groups is 1. The second kappa shape index (κ2) is 5.48. The number of ether oxygens (including phenoxy) is 1. The van der Waals surface area contributed by atoms with E-state index in [-0.39, 0.29) is 12.5 Å². The minimum Gasteiger partial charge on any atom is -0.480 e. The smallest absolute Gasteiger partial charge is 0.323 e. The number of aryl methyl sites for hydroxylation is 2. The maximum absolute atomic E-state index is 11.2. The van der Waals surface area contributed by atoms with Gasteiger partial charge in [-0.15, -0.1) is 0 Å². The van der Waals surface area contributed by atoms with Gasteiger partial charge in [0.2, 0.25) is 0 Å². The number of imidazole rings is 1. The molecular formula is C16H20N2O3. The highest BCUT2D eigenvalue weighted by Crippen LogP contribution is 2.30. The first-order chi connectivity index (χ1) is 10.1. The number of fused-ring (bicyclic) bond motifs is 1. The van der Waals surface area contributed by atoms with Crippen LogP contribution in [0.15, 0.2) is 12.1 Å². The summed E-state index contributed by atoms with van der Waals surface area (Å²) in [6.07, 6.45) is 1.81. The van der Waals surface area contributed by atoms with Crippen molar-refractivity contribution >= 4 is 17.0 Å². The van der Waals surface area contributed by atoms with Crippen LogP contribution >= 0.6 is 0 Å². The van der Waals surface area contributed by atoms with E-state index in [2.05, 4.69) is 6.92 Å². The first kappa shape index (κ1) is 14.1. The lowest BCUT2D eigenvalue weighted by atomic mass is 9.99. The number of rotatable bonds is 3. The van der Waals surface area contributed by atoms with Gasteiger partial charge in [0.05, 0.1) is 11.0 Å². The lowest BCUT2D eigenvalue weighted by molar-refractivity contribution is -0.137. The fraction of sp³-hybridized carbons (Fsp3) is 0.500. The van der Waals surface area contributed by atoms with E-state index in [1.807, 2.05) is 23.6 Å². The fourth-order valence-corrected chi connectivity index (χ4v) is 2.97. The minimum atomic E-state index is -0.833. The Morgan fingerprint density at radius 3 is 2.67 bits per heavy atom. The molecule has 1 saturated heterocycles. The summed E-state index contributed by atoms with van der Waals surface area (Å²) in [6.45, 7) is 5.50. The van der Waals surface area contributed by atoms with Crippen molar-refractivity contribution in [1.82, 2.24) is 9.55 Å². The Morgan fingerprint density at radius 1 is 1.33 bits per heavy atom. The number of hydrogen-bond acceptors (Lipinski definition) is 3. The molecule has 1 aromatic heterocycles. The van der Waals surface area contributed by atoms with Gasteiger partial charge in [-0.2, -0.15) is 0 Å². The summed E-state index contributed by atoms with van der Waals surface area (Å²) >= 11 is 0. The molecule has 0 bridgehead atoms.